The molecule has 122 valence electrons. The smallest absolute Gasteiger partial charge is 0.152 e. The fourth-order valence-electron chi connectivity index (χ4n) is 3.01. The summed E-state index contributed by atoms with van der Waals surface area (Å²) in [6.07, 6.45) is 3.49. The number of hydrogen-bond donors (Lipinski definition) is 0. The molecule has 2 heteroatoms. The van der Waals surface area contributed by atoms with Crippen LogP contribution in [0.1, 0.15) is 51.7 Å². The van der Waals surface area contributed by atoms with Gasteiger partial charge in [0.25, 0.3) is 0 Å². The fraction of sp³-hybridized carbons (Fsp3) is 0.650. The molecule has 0 aromatic heterocycles. The van der Waals surface area contributed by atoms with Gasteiger partial charge in [0.05, 0.1) is 6.04 Å². The highest BCUT2D eigenvalue weighted by atomic mass is 16.1. The topological polar surface area (TPSA) is 20.3 Å². The maximum absolute atomic E-state index is 12.8. The quantitative estimate of drug-likeness (QED) is 0.715. The van der Waals surface area contributed by atoms with E-state index in [-0.39, 0.29) is 12.0 Å². The Bertz CT molecular complexity index is 485. The Morgan fingerprint density at radius 3 is 2.18 bits per heavy atom. The minimum atomic E-state index is 0.0170. The summed E-state index contributed by atoms with van der Waals surface area (Å²) in [5.74, 6) is 1.29. The maximum atomic E-state index is 12.8. The summed E-state index contributed by atoms with van der Waals surface area (Å²) in [4.78, 5) is 15.3. The average Bonchev–Trinajstić information content (AvgIpc) is 3.27. The minimum absolute atomic E-state index is 0.0170. The van der Waals surface area contributed by atoms with Crippen LogP contribution in [0.4, 0.5) is 0 Å². The highest BCUT2D eigenvalue weighted by Gasteiger charge is 2.33. The number of rotatable bonds is 8. The molecule has 1 fully saturated rings. The highest BCUT2D eigenvalue weighted by molar-refractivity contribution is 5.86. The number of nitrogens with zero attached hydrogens (tertiary/aromatic N) is 1. The van der Waals surface area contributed by atoms with Crippen molar-refractivity contribution in [2.45, 2.75) is 66.0 Å². The van der Waals surface area contributed by atoms with Gasteiger partial charge < -0.3 is 0 Å². The molecule has 1 aromatic rings. The van der Waals surface area contributed by atoms with Crippen LogP contribution in [0.15, 0.2) is 24.3 Å². The lowest BCUT2D eigenvalue weighted by molar-refractivity contribution is -0.128. The third-order valence-electron chi connectivity index (χ3n) is 4.68. The Balaban J connectivity index is 2.19. The van der Waals surface area contributed by atoms with Gasteiger partial charge in [-0.2, -0.15) is 0 Å². The Labute approximate surface area is 135 Å². The summed E-state index contributed by atoms with van der Waals surface area (Å²) in [6, 6.07) is 9.07. The van der Waals surface area contributed by atoms with Crippen LogP contribution >= 0.6 is 0 Å². The van der Waals surface area contributed by atoms with Gasteiger partial charge in [0.2, 0.25) is 0 Å². The van der Waals surface area contributed by atoms with Gasteiger partial charge in [-0.25, -0.2) is 0 Å². The molecule has 0 bridgehead atoms. The lowest BCUT2D eigenvalue weighted by Crippen LogP contribution is -2.48. The van der Waals surface area contributed by atoms with Crippen LogP contribution in [-0.4, -0.2) is 29.3 Å². The first-order valence-electron chi connectivity index (χ1n) is 8.73. The van der Waals surface area contributed by atoms with Crippen LogP contribution < -0.4 is 0 Å². The SMILES string of the molecule is Cc1ccc(C[C@@H](C(=O)C(C)C)N(CC2CC2)C(C)C)cc1. The number of benzene rings is 1. The summed E-state index contributed by atoms with van der Waals surface area (Å²) in [7, 11) is 0. The van der Waals surface area contributed by atoms with Crippen LogP contribution in [-0.2, 0) is 11.2 Å². The van der Waals surface area contributed by atoms with E-state index >= 15 is 0 Å². The number of hydrogen-bond acceptors (Lipinski definition) is 2. The van der Waals surface area contributed by atoms with Gasteiger partial charge in [-0.1, -0.05) is 43.7 Å². The molecule has 0 N–H and O–H groups in total. The van der Waals surface area contributed by atoms with Crippen molar-refractivity contribution in [3.8, 4) is 0 Å². The monoisotopic (exact) mass is 301 g/mol. The van der Waals surface area contributed by atoms with Crippen molar-refractivity contribution in [2.24, 2.45) is 11.8 Å². The Hall–Kier alpha value is -1.15. The van der Waals surface area contributed by atoms with Gasteiger partial charge in [-0.05, 0) is 51.5 Å². The van der Waals surface area contributed by atoms with E-state index in [1.54, 1.807) is 0 Å². The Morgan fingerprint density at radius 1 is 1.14 bits per heavy atom. The van der Waals surface area contributed by atoms with Crippen LogP contribution in [0.5, 0.6) is 0 Å². The van der Waals surface area contributed by atoms with E-state index in [9.17, 15) is 4.79 Å². The van der Waals surface area contributed by atoms with Crippen LogP contribution in [0.3, 0.4) is 0 Å². The average molecular weight is 301 g/mol. The molecular formula is C20H31NO. The third-order valence-corrected chi connectivity index (χ3v) is 4.68. The van der Waals surface area contributed by atoms with Crippen molar-refractivity contribution in [3.63, 3.8) is 0 Å². The molecule has 1 atom stereocenters. The zero-order chi connectivity index (χ0) is 16.3. The first-order chi connectivity index (χ1) is 10.4. The molecule has 2 rings (SSSR count). The summed E-state index contributed by atoms with van der Waals surface area (Å²) < 4.78 is 0. The van der Waals surface area contributed by atoms with Gasteiger partial charge >= 0.3 is 0 Å². The second kappa shape index (κ2) is 7.41. The standard InChI is InChI=1S/C20H31NO/c1-14(2)20(22)19(12-17-8-6-16(5)7-9-17)21(15(3)4)13-18-10-11-18/h6-9,14-15,18-19H,10-13H2,1-5H3/t19-/m0/s1. The van der Waals surface area contributed by atoms with E-state index in [2.05, 4.69) is 49.9 Å². The molecule has 0 heterocycles. The molecule has 1 aliphatic carbocycles. The fourth-order valence-corrected chi connectivity index (χ4v) is 3.01. The number of carbonyl (C=O) groups is 1. The predicted molar refractivity (Wildman–Crippen MR) is 93.1 cm³/mol. The van der Waals surface area contributed by atoms with Gasteiger partial charge in [0.1, 0.15) is 0 Å². The van der Waals surface area contributed by atoms with E-state index < -0.39 is 0 Å². The molecule has 1 aromatic carbocycles. The second-order valence-corrected chi connectivity index (χ2v) is 7.50. The van der Waals surface area contributed by atoms with Gasteiger partial charge in [-0.15, -0.1) is 0 Å². The largest absolute Gasteiger partial charge is 0.298 e. The molecule has 1 saturated carbocycles. The van der Waals surface area contributed by atoms with Gasteiger partial charge in [-0.3, -0.25) is 9.69 Å². The van der Waals surface area contributed by atoms with Crippen molar-refractivity contribution in [2.75, 3.05) is 6.54 Å². The maximum Gasteiger partial charge on any atom is 0.152 e. The highest BCUT2D eigenvalue weighted by Crippen LogP contribution is 2.32. The molecule has 0 radical (unpaired) electrons. The lowest BCUT2D eigenvalue weighted by atomic mass is 9.93. The Morgan fingerprint density at radius 2 is 1.73 bits per heavy atom. The van der Waals surface area contributed by atoms with Crippen molar-refractivity contribution in [3.05, 3.63) is 35.4 Å². The van der Waals surface area contributed by atoms with Crippen LogP contribution in [0.25, 0.3) is 0 Å². The summed E-state index contributed by atoms with van der Waals surface area (Å²) in [5, 5.41) is 0. The summed E-state index contributed by atoms with van der Waals surface area (Å²) in [5.41, 5.74) is 2.54. The van der Waals surface area contributed by atoms with Crippen molar-refractivity contribution in [1.82, 2.24) is 4.90 Å². The zero-order valence-electron chi connectivity index (χ0n) is 14.8. The molecule has 0 amide bonds. The molecule has 22 heavy (non-hydrogen) atoms. The number of ketones is 1. The van der Waals surface area contributed by atoms with Crippen molar-refractivity contribution in [1.29, 1.82) is 0 Å². The van der Waals surface area contributed by atoms with E-state index in [4.69, 9.17) is 0 Å². The van der Waals surface area contributed by atoms with Crippen molar-refractivity contribution < 1.29 is 4.79 Å². The molecule has 0 spiro atoms. The Kier molecular flexibility index (Phi) is 5.80. The number of Topliss-reactive ketones (excluding diaryl/α,β-unsaturated/α-hetero) is 1. The molecule has 0 saturated heterocycles. The lowest BCUT2D eigenvalue weighted by Gasteiger charge is -2.35. The first-order valence-corrected chi connectivity index (χ1v) is 8.73. The number of aryl methyl sites for hydroxylation is 1. The van der Waals surface area contributed by atoms with E-state index in [1.165, 1.54) is 24.0 Å². The van der Waals surface area contributed by atoms with Gasteiger partial charge in [0.15, 0.2) is 5.78 Å². The van der Waals surface area contributed by atoms with Gasteiger partial charge in [0, 0.05) is 18.5 Å². The van der Waals surface area contributed by atoms with Crippen LogP contribution in [0.2, 0.25) is 0 Å². The zero-order valence-corrected chi connectivity index (χ0v) is 14.8. The number of carbonyl (C=O) groups excluding carboxylic acids is 1. The van der Waals surface area contributed by atoms with Crippen LogP contribution in [0, 0.1) is 18.8 Å². The molecule has 1 aliphatic rings. The first kappa shape index (κ1) is 17.2. The third kappa shape index (κ3) is 4.67. The second-order valence-electron chi connectivity index (χ2n) is 7.50. The van der Waals surface area contributed by atoms with Crippen molar-refractivity contribution >= 4 is 5.78 Å². The molecular weight excluding hydrogens is 270 g/mol. The van der Waals surface area contributed by atoms with E-state index in [0.29, 0.717) is 11.8 Å². The predicted octanol–water partition coefficient (Wildman–Crippen LogP) is 4.25. The molecule has 2 nitrogen and oxygen atoms in total. The van der Waals surface area contributed by atoms with E-state index in [1.807, 2.05) is 13.8 Å². The molecule has 0 unspecified atom stereocenters. The van der Waals surface area contributed by atoms with E-state index in [0.717, 1.165) is 18.9 Å². The summed E-state index contributed by atoms with van der Waals surface area (Å²) >= 11 is 0. The minimum Gasteiger partial charge on any atom is -0.298 e. The summed E-state index contributed by atoms with van der Waals surface area (Å²) in [6.45, 7) is 11.7. The normalized spacial score (nSPS) is 16.5. The molecule has 0 aliphatic heterocycles.